The first-order valence-electron chi connectivity index (χ1n) is 9.15. The third kappa shape index (κ3) is 5.06. The lowest BCUT2D eigenvalue weighted by atomic mass is 10.2. The van der Waals surface area contributed by atoms with Crippen molar-refractivity contribution in [3.63, 3.8) is 0 Å². The van der Waals surface area contributed by atoms with Gasteiger partial charge >= 0.3 is 0 Å². The third-order valence-electron chi connectivity index (χ3n) is 4.22. The number of halogens is 2. The van der Waals surface area contributed by atoms with Gasteiger partial charge in [0.25, 0.3) is 5.56 Å². The molecule has 0 aliphatic heterocycles. The molecule has 0 spiro atoms. The Bertz CT molecular complexity index is 1170. The molecule has 0 saturated heterocycles. The Labute approximate surface area is 182 Å². The van der Waals surface area contributed by atoms with Crippen molar-refractivity contribution in [3.8, 4) is 18.1 Å². The molecule has 7 heteroatoms. The summed E-state index contributed by atoms with van der Waals surface area (Å²) in [6.07, 6.45) is 9.35. The van der Waals surface area contributed by atoms with E-state index in [2.05, 4.69) is 38.9 Å². The van der Waals surface area contributed by atoms with Crippen LogP contribution in [-0.2, 0) is 6.42 Å². The molecular weight excluding hydrogens is 454 g/mol. The molecule has 1 aromatic heterocycles. The van der Waals surface area contributed by atoms with Gasteiger partial charge in [0.15, 0.2) is 0 Å². The summed E-state index contributed by atoms with van der Waals surface area (Å²) in [5.41, 5.74) is 1.18. The number of benzene rings is 2. The summed E-state index contributed by atoms with van der Waals surface area (Å²) < 4.78 is 7.54. The Balaban J connectivity index is 2.01. The molecule has 0 aliphatic carbocycles. The normalized spacial score (nSPS) is 11.1. The number of aromatic nitrogens is 2. The van der Waals surface area contributed by atoms with Gasteiger partial charge in [-0.15, -0.1) is 6.42 Å². The van der Waals surface area contributed by atoms with Crippen molar-refractivity contribution in [3.05, 3.63) is 67.6 Å². The van der Waals surface area contributed by atoms with Crippen molar-refractivity contribution in [1.82, 2.24) is 9.66 Å². The highest BCUT2D eigenvalue weighted by molar-refractivity contribution is 9.10. The quantitative estimate of drug-likeness (QED) is 0.357. The SMILES string of the molecule is C#CCOc1ccc(C=Nn2c(CCCC)nc3ccc(Br)cc3c2=O)cc1Cl. The fourth-order valence-corrected chi connectivity index (χ4v) is 3.37. The molecule has 148 valence electrons. The number of rotatable bonds is 7. The van der Waals surface area contributed by atoms with E-state index in [1.54, 1.807) is 30.5 Å². The second-order valence-electron chi connectivity index (χ2n) is 6.34. The summed E-state index contributed by atoms with van der Waals surface area (Å²) in [5, 5.41) is 5.34. The molecule has 3 rings (SSSR count). The van der Waals surface area contributed by atoms with Gasteiger partial charge in [-0.2, -0.15) is 9.78 Å². The van der Waals surface area contributed by atoms with Gasteiger partial charge < -0.3 is 4.74 Å². The Hall–Kier alpha value is -2.62. The Morgan fingerprint density at radius 2 is 2.17 bits per heavy atom. The van der Waals surface area contributed by atoms with Gasteiger partial charge in [0.1, 0.15) is 18.2 Å². The molecule has 5 nitrogen and oxygen atoms in total. The van der Waals surface area contributed by atoms with Crippen molar-refractivity contribution in [2.45, 2.75) is 26.2 Å². The van der Waals surface area contributed by atoms with Gasteiger partial charge in [-0.3, -0.25) is 4.79 Å². The van der Waals surface area contributed by atoms with Crippen LogP contribution in [0.3, 0.4) is 0 Å². The first-order chi connectivity index (χ1) is 14.0. The molecule has 0 N–H and O–H groups in total. The van der Waals surface area contributed by atoms with E-state index in [-0.39, 0.29) is 12.2 Å². The second-order valence-corrected chi connectivity index (χ2v) is 7.66. The van der Waals surface area contributed by atoms with E-state index >= 15 is 0 Å². The summed E-state index contributed by atoms with van der Waals surface area (Å²) in [6, 6.07) is 10.7. The zero-order valence-electron chi connectivity index (χ0n) is 15.9. The summed E-state index contributed by atoms with van der Waals surface area (Å²) in [4.78, 5) is 17.7. The first kappa shape index (κ1) is 21.1. The number of aryl methyl sites for hydroxylation is 1. The molecule has 3 aromatic rings. The highest BCUT2D eigenvalue weighted by Gasteiger charge is 2.11. The molecule has 0 bridgehead atoms. The number of hydrogen-bond donors (Lipinski definition) is 0. The Morgan fingerprint density at radius 3 is 2.90 bits per heavy atom. The van der Waals surface area contributed by atoms with Crippen LogP contribution in [-0.4, -0.2) is 22.5 Å². The largest absolute Gasteiger partial charge is 0.479 e. The van der Waals surface area contributed by atoms with Crippen molar-refractivity contribution in [1.29, 1.82) is 0 Å². The van der Waals surface area contributed by atoms with Gasteiger partial charge in [0.2, 0.25) is 0 Å². The predicted molar refractivity (Wildman–Crippen MR) is 121 cm³/mol. The Morgan fingerprint density at radius 1 is 1.34 bits per heavy atom. The molecule has 29 heavy (non-hydrogen) atoms. The highest BCUT2D eigenvalue weighted by Crippen LogP contribution is 2.25. The van der Waals surface area contributed by atoms with Crippen LogP contribution < -0.4 is 10.3 Å². The zero-order chi connectivity index (χ0) is 20.8. The topological polar surface area (TPSA) is 56.5 Å². The third-order valence-corrected chi connectivity index (χ3v) is 5.01. The van der Waals surface area contributed by atoms with Crippen LogP contribution in [0.4, 0.5) is 0 Å². The number of ether oxygens (including phenoxy) is 1. The van der Waals surface area contributed by atoms with Crippen LogP contribution in [0.2, 0.25) is 5.02 Å². The minimum absolute atomic E-state index is 0.141. The minimum Gasteiger partial charge on any atom is -0.479 e. The van der Waals surface area contributed by atoms with Gasteiger partial charge in [0, 0.05) is 10.9 Å². The molecule has 1 heterocycles. The molecule has 0 aliphatic rings. The lowest BCUT2D eigenvalue weighted by molar-refractivity contribution is 0.370. The number of fused-ring (bicyclic) bond motifs is 1. The molecule has 0 saturated carbocycles. The molecule has 0 unspecified atom stereocenters. The monoisotopic (exact) mass is 471 g/mol. The van der Waals surface area contributed by atoms with Crippen molar-refractivity contribution in [2.24, 2.45) is 5.10 Å². The molecule has 0 atom stereocenters. The second kappa shape index (κ2) is 9.73. The van der Waals surface area contributed by atoms with E-state index < -0.39 is 0 Å². The fraction of sp³-hybridized carbons (Fsp3) is 0.227. The summed E-state index contributed by atoms with van der Waals surface area (Å²) in [7, 11) is 0. The minimum atomic E-state index is -0.210. The van der Waals surface area contributed by atoms with Gasteiger partial charge in [0.05, 0.1) is 22.1 Å². The average molecular weight is 473 g/mol. The van der Waals surface area contributed by atoms with Crippen LogP contribution in [0.1, 0.15) is 31.2 Å². The maximum atomic E-state index is 13.0. The number of unbranched alkanes of at least 4 members (excludes halogenated alkanes) is 1. The van der Waals surface area contributed by atoms with E-state index in [0.717, 1.165) is 22.9 Å². The van der Waals surface area contributed by atoms with E-state index in [9.17, 15) is 4.79 Å². The smallest absolute Gasteiger partial charge is 0.282 e. The van der Waals surface area contributed by atoms with Crippen molar-refractivity contribution in [2.75, 3.05) is 6.61 Å². The van der Waals surface area contributed by atoms with Crippen molar-refractivity contribution >= 4 is 44.6 Å². The molecule has 0 fully saturated rings. The van der Waals surface area contributed by atoms with Gasteiger partial charge in [-0.25, -0.2) is 4.98 Å². The van der Waals surface area contributed by atoms with Crippen LogP contribution in [0.25, 0.3) is 10.9 Å². The maximum Gasteiger partial charge on any atom is 0.282 e. The van der Waals surface area contributed by atoms with Gasteiger partial charge in [-0.1, -0.05) is 46.8 Å². The predicted octanol–water partition coefficient (Wildman–Crippen LogP) is 5.05. The first-order valence-corrected chi connectivity index (χ1v) is 10.3. The van der Waals surface area contributed by atoms with E-state index in [1.165, 1.54) is 4.68 Å². The summed E-state index contributed by atoms with van der Waals surface area (Å²) in [6.45, 7) is 2.23. The molecule has 2 aromatic carbocycles. The Kier molecular flexibility index (Phi) is 7.08. The van der Waals surface area contributed by atoms with Crippen LogP contribution in [0.5, 0.6) is 5.75 Å². The summed E-state index contributed by atoms with van der Waals surface area (Å²) in [5.74, 6) is 3.52. The number of nitrogens with zero attached hydrogens (tertiary/aromatic N) is 3. The lowest BCUT2D eigenvalue weighted by Gasteiger charge is -2.09. The van der Waals surface area contributed by atoms with E-state index in [1.807, 2.05) is 12.1 Å². The average Bonchev–Trinajstić information content (AvgIpc) is 2.71. The number of terminal acetylenes is 1. The van der Waals surface area contributed by atoms with Crippen LogP contribution in [0.15, 0.2) is 50.8 Å². The summed E-state index contributed by atoms with van der Waals surface area (Å²) >= 11 is 9.64. The standard InChI is InChI=1S/C22H19BrClN3O2/c1-3-5-6-21-26-19-9-8-16(23)13-17(19)22(28)27(21)25-14-15-7-10-20(18(24)12-15)29-11-4-2/h2,7-10,12-14H,3,5-6,11H2,1H3. The van der Waals surface area contributed by atoms with Gasteiger partial charge in [-0.05, 0) is 48.4 Å². The van der Waals surface area contributed by atoms with E-state index in [0.29, 0.717) is 33.9 Å². The zero-order valence-corrected chi connectivity index (χ0v) is 18.2. The maximum absolute atomic E-state index is 13.0. The van der Waals surface area contributed by atoms with E-state index in [4.69, 9.17) is 22.8 Å². The highest BCUT2D eigenvalue weighted by atomic mass is 79.9. The molecule has 0 amide bonds. The van der Waals surface area contributed by atoms with Crippen LogP contribution >= 0.6 is 27.5 Å². The lowest BCUT2D eigenvalue weighted by Crippen LogP contribution is -2.22. The van der Waals surface area contributed by atoms with Crippen molar-refractivity contribution < 1.29 is 4.74 Å². The molecule has 0 radical (unpaired) electrons. The molecular formula is C22H19BrClN3O2. The van der Waals surface area contributed by atoms with Crippen LogP contribution in [0, 0.1) is 12.3 Å². The fourth-order valence-electron chi connectivity index (χ4n) is 2.77. The number of hydrogen-bond acceptors (Lipinski definition) is 4.